The van der Waals surface area contributed by atoms with Crippen molar-refractivity contribution in [1.29, 1.82) is 0 Å². The summed E-state index contributed by atoms with van der Waals surface area (Å²) in [7, 11) is 0. The maximum Gasteiger partial charge on any atom is 0.573 e. The van der Waals surface area contributed by atoms with Crippen molar-refractivity contribution in [2.45, 2.75) is 32.7 Å². The second kappa shape index (κ2) is 6.98. The van der Waals surface area contributed by atoms with Gasteiger partial charge in [0.1, 0.15) is 5.75 Å². The van der Waals surface area contributed by atoms with Crippen LogP contribution in [0.2, 0.25) is 0 Å². The van der Waals surface area contributed by atoms with E-state index in [1.807, 2.05) is 19.9 Å². The Hall–Kier alpha value is -2.96. The molecule has 0 aliphatic carbocycles. The standard InChI is InChI=1S/C20H18F3NO3/c1-12(2)24-16(11-15-10-14(19(25)26)5-8-18(15)24)9-13-3-6-17(7-4-13)27-20(21,22)23/h3-8,10-12H,9H2,1-2H3,(H,25,26). The lowest BCUT2D eigenvalue weighted by molar-refractivity contribution is -0.274. The first-order valence-electron chi connectivity index (χ1n) is 8.36. The van der Waals surface area contributed by atoms with Crippen molar-refractivity contribution in [3.63, 3.8) is 0 Å². The highest BCUT2D eigenvalue weighted by Gasteiger charge is 2.30. The lowest BCUT2D eigenvalue weighted by Crippen LogP contribution is -2.17. The quantitative estimate of drug-likeness (QED) is 0.647. The summed E-state index contributed by atoms with van der Waals surface area (Å²) in [6.07, 6.45) is -4.21. The van der Waals surface area contributed by atoms with E-state index in [1.165, 1.54) is 12.1 Å². The molecule has 3 rings (SSSR count). The highest BCUT2D eigenvalue weighted by Crippen LogP contribution is 2.28. The predicted molar refractivity (Wildman–Crippen MR) is 95.2 cm³/mol. The Morgan fingerprint density at radius 1 is 1.11 bits per heavy atom. The predicted octanol–water partition coefficient (Wildman–Crippen LogP) is 5.41. The molecule has 4 nitrogen and oxygen atoms in total. The molecule has 27 heavy (non-hydrogen) atoms. The van der Waals surface area contributed by atoms with E-state index in [-0.39, 0.29) is 17.4 Å². The monoisotopic (exact) mass is 377 g/mol. The molecule has 1 heterocycles. The number of benzene rings is 2. The first kappa shape index (κ1) is 18.8. The minimum absolute atomic E-state index is 0.140. The van der Waals surface area contributed by atoms with Crippen molar-refractivity contribution < 1.29 is 27.8 Å². The lowest BCUT2D eigenvalue weighted by atomic mass is 10.1. The molecule has 3 aromatic rings. The second-order valence-corrected chi connectivity index (χ2v) is 6.55. The Morgan fingerprint density at radius 3 is 2.33 bits per heavy atom. The average molecular weight is 377 g/mol. The van der Waals surface area contributed by atoms with E-state index < -0.39 is 12.3 Å². The third-order valence-corrected chi connectivity index (χ3v) is 4.22. The molecule has 0 fully saturated rings. The number of nitrogens with zero attached hydrogens (tertiary/aromatic N) is 1. The summed E-state index contributed by atoms with van der Waals surface area (Å²) in [5.41, 5.74) is 2.91. The highest BCUT2D eigenvalue weighted by atomic mass is 19.4. The summed E-state index contributed by atoms with van der Waals surface area (Å²) in [5, 5.41) is 9.99. The maximum absolute atomic E-state index is 12.3. The van der Waals surface area contributed by atoms with Gasteiger partial charge in [-0.2, -0.15) is 0 Å². The van der Waals surface area contributed by atoms with Gasteiger partial charge in [-0.25, -0.2) is 4.79 Å². The van der Waals surface area contributed by atoms with E-state index in [0.29, 0.717) is 6.42 Å². The van der Waals surface area contributed by atoms with Crippen LogP contribution in [0.3, 0.4) is 0 Å². The molecular formula is C20H18F3NO3. The first-order chi connectivity index (χ1) is 12.6. The SMILES string of the molecule is CC(C)n1c(Cc2ccc(OC(F)(F)F)cc2)cc2cc(C(=O)O)ccc21. The van der Waals surface area contributed by atoms with E-state index in [2.05, 4.69) is 9.30 Å². The number of aromatic nitrogens is 1. The van der Waals surface area contributed by atoms with E-state index in [4.69, 9.17) is 0 Å². The van der Waals surface area contributed by atoms with Gasteiger partial charge in [0.05, 0.1) is 5.56 Å². The number of hydrogen-bond acceptors (Lipinski definition) is 2. The number of rotatable bonds is 5. The molecule has 0 bridgehead atoms. The van der Waals surface area contributed by atoms with E-state index in [1.54, 1.807) is 30.3 Å². The summed E-state index contributed by atoms with van der Waals surface area (Å²) in [5.74, 6) is -1.25. The molecule has 0 atom stereocenters. The van der Waals surface area contributed by atoms with Gasteiger partial charge in [-0.3, -0.25) is 0 Å². The number of fused-ring (bicyclic) bond motifs is 1. The summed E-state index contributed by atoms with van der Waals surface area (Å²) in [6.45, 7) is 4.04. The summed E-state index contributed by atoms with van der Waals surface area (Å²) >= 11 is 0. The van der Waals surface area contributed by atoms with Gasteiger partial charge in [0.15, 0.2) is 0 Å². The van der Waals surface area contributed by atoms with Gasteiger partial charge < -0.3 is 14.4 Å². The zero-order valence-electron chi connectivity index (χ0n) is 14.7. The fourth-order valence-electron chi connectivity index (χ4n) is 3.19. The number of hydrogen-bond donors (Lipinski definition) is 1. The summed E-state index contributed by atoms with van der Waals surface area (Å²) in [6, 6.07) is 12.8. The highest BCUT2D eigenvalue weighted by molar-refractivity contribution is 5.94. The average Bonchev–Trinajstić information content (AvgIpc) is 2.92. The van der Waals surface area contributed by atoms with Crippen molar-refractivity contribution >= 4 is 16.9 Å². The van der Waals surface area contributed by atoms with Crippen molar-refractivity contribution in [2.24, 2.45) is 0 Å². The van der Waals surface area contributed by atoms with Gasteiger partial charge >= 0.3 is 12.3 Å². The van der Waals surface area contributed by atoms with Crippen LogP contribution in [0.5, 0.6) is 5.75 Å². The van der Waals surface area contributed by atoms with Crippen LogP contribution >= 0.6 is 0 Å². The molecule has 0 spiro atoms. The van der Waals surface area contributed by atoms with Gasteiger partial charge in [0, 0.05) is 29.1 Å². The van der Waals surface area contributed by atoms with Crippen molar-refractivity contribution in [2.75, 3.05) is 0 Å². The minimum atomic E-state index is -4.71. The molecule has 1 aromatic heterocycles. The molecule has 1 N–H and O–H groups in total. The zero-order chi connectivity index (χ0) is 19.8. The molecule has 0 radical (unpaired) electrons. The number of alkyl halides is 3. The Bertz CT molecular complexity index is 973. The number of carbonyl (C=O) groups is 1. The number of carboxylic acid groups (broad SMARTS) is 1. The fraction of sp³-hybridized carbons (Fsp3) is 0.250. The van der Waals surface area contributed by atoms with Gasteiger partial charge in [-0.05, 0) is 55.8 Å². The van der Waals surface area contributed by atoms with Crippen LogP contribution in [0.1, 0.15) is 41.5 Å². The van der Waals surface area contributed by atoms with E-state index in [9.17, 15) is 23.1 Å². The molecule has 0 amide bonds. The van der Waals surface area contributed by atoms with E-state index >= 15 is 0 Å². The third kappa shape index (κ3) is 4.24. The Morgan fingerprint density at radius 2 is 1.78 bits per heavy atom. The van der Waals surface area contributed by atoms with Crippen LogP contribution in [-0.2, 0) is 6.42 Å². The third-order valence-electron chi connectivity index (χ3n) is 4.22. The van der Waals surface area contributed by atoms with Gasteiger partial charge in [0.2, 0.25) is 0 Å². The molecule has 0 aliphatic heterocycles. The van der Waals surface area contributed by atoms with E-state index in [0.717, 1.165) is 22.2 Å². The van der Waals surface area contributed by atoms with Crippen LogP contribution in [-0.4, -0.2) is 22.0 Å². The van der Waals surface area contributed by atoms with Crippen LogP contribution in [0, 0.1) is 0 Å². The fourth-order valence-corrected chi connectivity index (χ4v) is 3.19. The molecule has 142 valence electrons. The number of ether oxygens (including phenoxy) is 1. The van der Waals surface area contributed by atoms with Crippen molar-refractivity contribution in [1.82, 2.24) is 4.57 Å². The van der Waals surface area contributed by atoms with Gasteiger partial charge in [0.25, 0.3) is 0 Å². The number of aromatic carboxylic acids is 1. The smallest absolute Gasteiger partial charge is 0.478 e. The maximum atomic E-state index is 12.3. The van der Waals surface area contributed by atoms with Crippen LogP contribution in [0.25, 0.3) is 10.9 Å². The second-order valence-electron chi connectivity index (χ2n) is 6.55. The minimum Gasteiger partial charge on any atom is -0.478 e. The lowest BCUT2D eigenvalue weighted by Gasteiger charge is -2.15. The van der Waals surface area contributed by atoms with Gasteiger partial charge in [-0.1, -0.05) is 12.1 Å². The topological polar surface area (TPSA) is 51.5 Å². The Balaban J connectivity index is 1.94. The summed E-state index contributed by atoms with van der Waals surface area (Å²) < 4.78 is 42.8. The van der Waals surface area contributed by atoms with Gasteiger partial charge in [-0.15, -0.1) is 13.2 Å². The normalized spacial score (nSPS) is 11.9. The molecular weight excluding hydrogens is 359 g/mol. The van der Waals surface area contributed by atoms with Crippen molar-refractivity contribution in [3.05, 3.63) is 65.4 Å². The molecule has 0 aliphatic rings. The van der Waals surface area contributed by atoms with Crippen LogP contribution in [0.15, 0.2) is 48.5 Å². The Labute approximate surface area is 153 Å². The van der Waals surface area contributed by atoms with Crippen LogP contribution < -0.4 is 4.74 Å². The molecule has 0 saturated heterocycles. The van der Waals surface area contributed by atoms with Crippen LogP contribution in [0.4, 0.5) is 13.2 Å². The Kier molecular flexibility index (Phi) is 4.87. The first-order valence-corrected chi connectivity index (χ1v) is 8.36. The summed E-state index contributed by atoms with van der Waals surface area (Å²) in [4.78, 5) is 11.2. The zero-order valence-corrected chi connectivity index (χ0v) is 14.7. The molecule has 0 unspecified atom stereocenters. The largest absolute Gasteiger partial charge is 0.573 e. The van der Waals surface area contributed by atoms with Crippen molar-refractivity contribution in [3.8, 4) is 5.75 Å². The molecule has 0 saturated carbocycles. The molecule has 2 aromatic carbocycles. The number of carboxylic acids is 1. The number of halogens is 3. The molecule has 7 heteroatoms.